The quantitative estimate of drug-likeness (QED) is 0.215. The van der Waals surface area contributed by atoms with Crippen molar-refractivity contribution in [2.24, 2.45) is 0 Å². The molecule has 0 radical (unpaired) electrons. The Morgan fingerprint density at radius 1 is 1.46 bits per heavy atom. The summed E-state index contributed by atoms with van der Waals surface area (Å²) in [6.45, 7) is 7.45. The molecule has 0 aliphatic carbocycles. The van der Waals surface area contributed by atoms with E-state index in [0.717, 1.165) is 6.08 Å². The summed E-state index contributed by atoms with van der Waals surface area (Å²) in [6, 6.07) is 0. The second kappa shape index (κ2) is 13.4. The van der Waals surface area contributed by atoms with Crippen molar-refractivity contribution in [1.82, 2.24) is 0 Å². The van der Waals surface area contributed by atoms with E-state index in [1.54, 1.807) is 6.08 Å². The van der Waals surface area contributed by atoms with Crippen LogP contribution in [0.3, 0.4) is 0 Å². The topological polar surface area (TPSA) is 76.0 Å². The van der Waals surface area contributed by atoms with E-state index in [4.69, 9.17) is 15.1 Å². The van der Waals surface area contributed by atoms with Gasteiger partial charge in [-0.1, -0.05) is 12.7 Å². The van der Waals surface area contributed by atoms with Gasteiger partial charge < -0.3 is 9.84 Å². The molecule has 76 valence electrons. The lowest BCUT2D eigenvalue weighted by Gasteiger charge is -1.92. The number of carbonyl (C=O) groups excluding carboxylic acids is 1. The highest BCUT2D eigenvalue weighted by molar-refractivity contribution is 5.80. The largest absolute Gasteiger partial charge is 0.394 e. The van der Waals surface area contributed by atoms with Crippen LogP contribution < -0.4 is 0 Å². The molecule has 0 aromatic heterocycles. The maximum absolute atomic E-state index is 9.59. The van der Waals surface area contributed by atoms with Crippen LogP contribution in [-0.4, -0.2) is 36.2 Å². The first-order chi connectivity index (χ1) is 6.22. The van der Waals surface area contributed by atoms with Crippen LogP contribution in [0.2, 0.25) is 0 Å². The normalized spacial score (nSPS) is 7.85. The molecule has 2 N–H and O–H groups in total. The van der Waals surface area contributed by atoms with E-state index < -0.39 is 5.97 Å². The fourth-order valence-corrected chi connectivity index (χ4v) is 0.268. The van der Waals surface area contributed by atoms with Gasteiger partial charge in [0.1, 0.15) is 0 Å². The summed E-state index contributed by atoms with van der Waals surface area (Å²) in [5, 5.41) is 15.5. The van der Waals surface area contributed by atoms with E-state index >= 15 is 0 Å². The number of ether oxygens (including phenoxy) is 1. The summed E-state index contributed by atoms with van der Waals surface area (Å²) in [7, 11) is 0. The highest BCUT2D eigenvalue weighted by atomic mass is 17.1. The highest BCUT2D eigenvalue weighted by Gasteiger charge is 1.85. The molecule has 0 unspecified atom stereocenters. The summed E-state index contributed by atoms with van der Waals surface area (Å²) >= 11 is 0. The van der Waals surface area contributed by atoms with Crippen LogP contribution in [0.4, 0.5) is 0 Å². The summed E-state index contributed by atoms with van der Waals surface area (Å²) in [4.78, 5) is 12.7. The van der Waals surface area contributed by atoms with Crippen molar-refractivity contribution in [3.8, 4) is 0 Å². The lowest BCUT2D eigenvalue weighted by atomic mass is 10.7. The number of hydrogen-bond acceptors (Lipinski definition) is 5. The fraction of sp³-hybridized carbons (Fsp3) is 0.375. The van der Waals surface area contributed by atoms with Crippen molar-refractivity contribution >= 4 is 5.97 Å². The Morgan fingerprint density at radius 3 is 2.31 bits per heavy atom. The summed E-state index contributed by atoms with van der Waals surface area (Å²) in [6.07, 6.45) is 2.51. The molecule has 0 aromatic carbocycles. The van der Waals surface area contributed by atoms with Gasteiger partial charge in [-0.2, -0.15) is 5.26 Å². The monoisotopic (exact) mass is 190 g/mol. The first kappa shape index (κ1) is 14.4. The molecule has 5 nitrogen and oxygen atoms in total. The third-order valence-corrected chi connectivity index (χ3v) is 0.728. The van der Waals surface area contributed by atoms with Gasteiger partial charge in [-0.15, -0.1) is 6.58 Å². The van der Waals surface area contributed by atoms with E-state index in [0.29, 0.717) is 13.2 Å². The van der Waals surface area contributed by atoms with Crippen LogP contribution in [0.15, 0.2) is 25.3 Å². The lowest BCUT2D eigenvalue weighted by molar-refractivity contribution is -0.228. The molecule has 0 spiro atoms. The highest BCUT2D eigenvalue weighted by Crippen LogP contribution is 1.70. The second-order valence-electron chi connectivity index (χ2n) is 1.70. The summed E-state index contributed by atoms with van der Waals surface area (Å²) < 4.78 is 4.76. The fourth-order valence-electron chi connectivity index (χ4n) is 0.268. The Balaban J connectivity index is 0. The predicted octanol–water partition coefficient (Wildman–Crippen LogP) is 0.370. The van der Waals surface area contributed by atoms with E-state index in [1.807, 2.05) is 0 Å². The van der Waals surface area contributed by atoms with Gasteiger partial charge in [0.25, 0.3) is 0 Å². The zero-order valence-corrected chi connectivity index (χ0v) is 7.31. The molecule has 0 rings (SSSR count). The average Bonchev–Trinajstić information content (AvgIpc) is 2.18. The SMILES string of the molecule is C=CC(=O)OO.C=CCOCCO. The number of aliphatic hydroxyl groups excluding tert-OH is 1. The maximum Gasteiger partial charge on any atom is 0.365 e. The van der Waals surface area contributed by atoms with Gasteiger partial charge in [0.15, 0.2) is 0 Å². The van der Waals surface area contributed by atoms with Crippen molar-refractivity contribution in [1.29, 1.82) is 0 Å². The van der Waals surface area contributed by atoms with Crippen LogP contribution in [0, 0.1) is 0 Å². The molecule has 0 bridgehead atoms. The second-order valence-corrected chi connectivity index (χ2v) is 1.70. The molecule has 0 aliphatic rings. The van der Waals surface area contributed by atoms with Crippen molar-refractivity contribution in [3.63, 3.8) is 0 Å². The Hall–Kier alpha value is -1.17. The van der Waals surface area contributed by atoms with Crippen LogP contribution >= 0.6 is 0 Å². The average molecular weight is 190 g/mol. The Kier molecular flexibility index (Phi) is 14.8. The minimum atomic E-state index is -0.838. The predicted molar refractivity (Wildman–Crippen MR) is 47.0 cm³/mol. The summed E-state index contributed by atoms with van der Waals surface area (Å²) in [5.74, 6) is -0.838. The Morgan fingerprint density at radius 2 is 2.08 bits per heavy atom. The zero-order chi connectivity index (χ0) is 10.5. The van der Waals surface area contributed by atoms with Crippen molar-refractivity contribution in [2.45, 2.75) is 0 Å². The van der Waals surface area contributed by atoms with Crippen molar-refractivity contribution in [3.05, 3.63) is 25.3 Å². The van der Waals surface area contributed by atoms with Crippen LogP contribution in [0.1, 0.15) is 0 Å². The van der Waals surface area contributed by atoms with Crippen LogP contribution in [-0.2, 0) is 14.4 Å². The molecular formula is C8H14O5. The van der Waals surface area contributed by atoms with Gasteiger partial charge in [0, 0.05) is 6.08 Å². The van der Waals surface area contributed by atoms with Crippen LogP contribution in [0.5, 0.6) is 0 Å². The first-order valence-electron chi connectivity index (χ1n) is 3.50. The van der Waals surface area contributed by atoms with E-state index in [9.17, 15) is 4.79 Å². The number of hydrogen-bond donors (Lipinski definition) is 2. The molecule has 0 aliphatic heterocycles. The maximum atomic E-state index is 9.59. The van der Waals surface area contributed by atoms with Gasteiger partial charge in [0.05, 0.1) is 19.8 Å². The lowest BCUT2D eigenvalue weighted by Crippen LogP contribution is -1.97. The van der Waals surface area contributed by atoms with E-state index in [1.165, 1.54) is 0 Å². The first-order valence-corrected chi connectivity index (χ1v) is 3.50. The Bertz CT molecular complexity index is 143. The minimum absolute atomic E-state index is 0.0911. The molecule has 13 heavy (non-hydrogen) atoms. The Labute approximate surface area is 76.8 Å². The number of rotatable bonds is 5. The standard InChI is InChI=1S/C5H10O2.C3H4O3/c1-2-4-7-5-3-6;1-2-3(4)6-5/h2,6H,1,3-5H2;2,5H,1H2. The van der Waals surface area contributed by atoms with Crippen molar-refractivity contribution in [2.75, 3.05) is 19.8 Å². The summed E-state index contributed by atoms with van der Waals surface area (Å²) in [5.41, 5.74) is 0. The van der Waals surface area contributed by atoms with E-state index in [-0.39, 0.29) is 6.61 Å². The molecule has 0 atom stereocenters. The molecule has 0 heterocycles. The van der Waals surface area contributed by atoms with Crippen molar-refractivity contribution < 1.29 is 24.8 Å². The van der Waals surface area contributed by atoms with Gasteiger partial charge >= 0.3 is 5.97 Å². The number of carbonyl (C=O) groups is 1. The third-order valence-electron chi connectivity index (χ3n) is 0.728. The number of aliphatic hydroxyl groups is 1. The zero-order valence-electron chi connectivity index (χ0n) is 7.31. The van der Waals surface area contributed by atoms with Gasteiger partial charge in [-0.05, 0) is 0 Å². The molecule has 0 saturated carbocycles. The van der Waals surface area contributed by atoms with Gasteiger partial charge in [-0.25, -0.2) is 4.79 Å². The van der Waals surface area contributed by atoms with Crippen LogP contribution in [0.25, 0.3) is 0 Å². The third kappa shape index (κ3) is 18.1. The smallest absolute Gasteiger partial charge is 0.365 e. The molecule has 0 saturated heterocycles. The molecule has 0 fully saturated rings. The minimum Gasteiger partial charge on any atom is -0.394 e. The van der Waals surface area contributed by atoms with E-state index in [2.05, 4.69) is 18.0 Å². The molecule has 5 heteroatoms. The van der Waals surface area contributed by atoms with Gasteiger partial charge in [0.2, 0.25) is 0 Å². The van der Waals surface area contributed by atoms with Gasteiger partial charge in [-0.3, -0.25) is 4.89 Å². The molecular weight excluding hydrogens is 176 g/mol. The molecule has 0 amide bonds. The molecule has 0 aromatic rings.